The summed E-state index contributed by atoms with van der Waals surface area (Å²) in [5.41, 5.74) is 1.53. The molecule has 1 amide bonds. The third kappa shape index (κ3) is 3.64. The van der Waals surface area contributed by atoms with Gasteiger partial charge in [-0.2, -0.15) is 0 Å². The number of halogens is 2. The van der Waals surface area contributed by atoms with Crippen LogP contribution in [0.5, 0.6) is 11.5 Å². The van der Waals surface area contributed by atoms with Gasteiger partial charge in [0.05, 0.1) is 24.6 Å². The van der Waals surface area contributed by atoms with Gasteiger partial charge < -0.3 is 19.5 Å². The van der Waals surface area contributed by atoms with Gasteiger partial charge >= 0.3 is 0 Å². The van der Waals surface area contributed by atoms with E-state index < -0.39 is 30.1 Å². The maximum absolute atomic E-state index is 14.2. The van der Waals surface area contributed by atoms with E-state index in [0.29, 0.717) is 23.4 Å². The molecule has 6 nitrogen and oxygen atoms in total. The first-order valence-corrected chi connectivity index (χ1v) is 11.3. The van der Waals surface area contributed by atoms with Crippen molar-refractivity contribution in [3.63, 3.8) is 0 Å². The first kappa shape index (κ1) is 21.8. The molecule has 1 aliphatic carbocycles. The molecule has 2 aromatic carbocycles. The molecule has 172 valence electrons. The van der Waals surface area contributed by atoms with Crippen molar-refractivity contribution >= 4 is 23.3 Å². The smallest absolute Gasteiger partial charge is 0.290 e. The molecule has 2 heterocycles. The van der Waals surface area contributed by atoms with Gasteiger partial charge in [0.25, 0.3) is 5.91 Å². The molecule has 4 unspecified atom stereocenters. The summed E-state index contributed by atoms with van der Waals surface area (Å²) >= 11 is 6.37. The van der Waals surface area contributed by atoms with E-state index in [4.69, 9.17) is 21.1 Å². The zero-order chi connectivity index (χ0) is 23.3. The lowest BCUT2D eigenvalue weighted by Gasteiger charge is -2.36. The number of rotatable bonds is 4. The number of ether oxygens (including phenoxy) is 2. The fraction of sp³-hybridized carbons (Fsp3) is 0.360. The summed E-state index contributed by atoms with van der Waals surface area (Å²) in [6.07, 6.45) is -0.770. The Morgan fingerprint density at radius 2 is 2.00 bits per heavy atom. The minimum Gasteiger partial charge on any atom is -0.504 e. The monoisotopic (exact) mass is 471 g/mol. The van der Waals surface area contributed by atoms with Crippen molar-refractivity contribution < 1.29 is 28.6 Å². The predicted octanol–water partition coefficient (Wildman–Crippen LogP) is 4.50. The molecule has 1 fully saturated rings. The van der Waals surface area contributed by atoms with Gasteiger partial charge in [0.2, 0.25) is 0 Å². The number of fused-ring (bicyclic) bond motifs is 1. The molecule has 33 heavy (non-hydrogen) atoms. The number of phenols is 1. The number of carbonyl (C=O) groups excluding carboxylic acids is 2. The summed E-state index contributed by atoms with van der Waals surface area (Å²) in [5, 5.41) is 10.6. The van der Waals surface area contributed by atoms with Gasteiger partial charge in [-0.05, 0) is 48.6 Å². The molecule has 0 aromatic heterocycles. The Kier molecular flexibility index (Phi) is 5.52. The van der Waals surface area contributed by atoms with Crippen LogP contribution in [-0.2, 0) is 20.9 Å². The number of nitrogens with zero attached hydrogens (tertiary/aromatic N) is 1. The highest BCUT2D eigenvalue weighted by atomic mass is 35.5. The van der Waals surface area contributed by atoms with E-state index in [0.717, 1.165) is 5.56 Å². The second-order valence-electron chi connectivity index (χ2n) is 8.64. The van der Waals surface area contributed by atoms with Crippen molar-refractivity contribution in [2.75, 3.05) is 7.11 Å². The standard InChI is InChI=1S/C25H23ClFNO5/c1-32-20-10-13(6-8-18(20)29)22-21-23(30)16-11-15(27)7-9-19(16)33-24(21)25(31)28(22)12-14-4-2-3-5-17(14)26/h2-6,8,10,15-16,19,22,29H,7,9,11-12H2,1H3. The van der Waals surface area contributed by atoms with Crippen LogP contribution in [0.25, 0.3) is 0 Å². The number of phenolic OH excluding ortho intramolecular Hbond substituents is 1. The second kappa shape index (κ2) is 8.37. The van der Waals surface area contributed by atoms with E-state index in [1.807, 2.05) is 12.1 Å². The van der Waals surface area contributed by atoms with Crippen molar-refractivity contribution in [2.45, 2.75) is 44.1 Å². The van der Waals surface area contributed by atoms with Crippen LogP contribution < -0.4 is 4.74 Å². The quantitative estimate of drug-likeness (QED) is 0.710. The van der Waals surface area contributed by atoms with E-state index in [9.17, 15) is 19.1 Å². The van der Waals surface area contributed by atoms with Crippen molar-refractivity contribution in [1.29, 1.82) is 0 Å². The van der Waals surface area contributed by atoms with Crippen LogP contribution >= 0.6 is 11.6 Å². The number of amides is 1. The summed E-state index contributed by atoms with van der Waals surface area (Å²) in [5.74, 6) is -1.09. The fourth-order valence-corrected chi connectivity index (χ4v) is 5.24. The number of Topliss-reactive ketones (excluding diaryl/α,β-unsaturated/α-hetero) is 1. The summed E-state index contributed by atoms with van der Waals surface area (Å²) in [4.78, 5) is 28.7. The highest BCUT2D eigenvalue weighted by Gasteiger charge is 2.53. The molecule has 1 N–H and O–H groups in total. The molecular weight excluding hydrogens is 449 g/mol. The molecule has 2 aromatic rings. The van der Waals surface area contributed by atoms with Crippen LogP contribution in [-0.4, -0.2) is 41.1 Å². The molecule has 0 radical (unpaired) electrons. The maximum atomic E-state index is 14.2. The molecule has 0 spiro atoms. The number of alkyl halides is 1. The number of carbonyl (C=O) groups is 2. The van der Waals surface area contributed by atoms with E-state index in [1.54, 1.807) is 29.2 Å². The first-order valence-electron chi connectivity index (χ1n) is 10.9. The van der Waals surface area contributed by atoms with Crippen LogP contribution in [0.15, 0.2) is 53.8 Å². The van der Waals surface area contributed by atoms with Crippen LogP contribution in [0.2, 0.25) is 5.02 Å². The number of hydrogen-bond donors (Lipinski definition) is 1. The second-order valence-corrected chi connectivity index (χ2v) is 9.05. The molecule has 8 heteroatoms. The average Bonchev–Trinajstić information content (AvgIpc) is 3.08. The zero-order valence-electron chi connectivity index (χ0n) is 18.0. The van der Waals surface area contributed by atoms with Gasteiger partial charge in [-0.15, -0.1) is 0 Å². The number of benzene rings is 2. The van der Waals surface area contributed by atoms with E-state index >= 15 is 0 Å². The van der Waals surface area contributed by atoms with Gasteiger partial charge in [-0.1, -0.05) is 35.9 Å². The number of methoxy groups -OCH3 is 1. The van der Waals surface area contributed by atoms with Crippen LogP contribution in [0.4, 0.5) is 4.39 Å². The molecule has 2 aliphatic heterocycles. The Bertz CT molecular complexity index is 1170. The highest BCUT2D eigenvalue weighted by molar-refractivity contribution is 6.31. The molecule has 5 rings (SSSR count). The Morgan fingerprint density at radius 3 is 2.76 bits per heavy atom. The van der Waals surface area contributed by atoms with Crippen LogP contribution in [0.1, 0.15) is 36.4 Å². The minimum absolute atomic E-state index is 0.0302. The number of ketones is 1. The van der Waals surface area contributed by atoms with Crippen molar-refractivity contribution in [2.24, 2.45) is 5.92 Å². The zero-order valence-corrected chi connectivity index (χ0v) is 18.7. The lowest BCUT2D eigenvalue weighted by molar-refractivity contribution is -0.136. The fourth-order valence-electron chi connectivity index (χ4n) is 5.05. The highest BCUT2D eigenvalue weighted by Crippen LogP contribution is 2.48. The summed E-state index contributed by atoms with van der Waals surface area (Å²) in [6, 6.07) is 11.1. The van der Waals surface area contributed by atoms with Gasteiger partial charge in [0.15, 0.2) is 23.0 Å². The Labute approximate surface area is 195 Å². The SMILES string of the molecule is COc1cc(C2C3=C(OC4CCC(F)CC4C3=O)C(=O)N2Cc2ccccc2Cl)ccc1O. The molecule has 3 aliphatic rings. The number of aromatic hydroxyl groups is 1. The summed E-state index contributed by atoms with van der Waals surface area (Å²) < 4.78 is 25.5. The average molecular weight is 472 g/mol. The first-order chi connectivity index (χ1) is 15.9. The van der Waals surface area contributed by atoms with Crippen LogP contribution in [0.3, 0.4) is 0 Å². The van der Waals surface area contributed by atoms with Crippen molar-refractivity contribution in [1.82, 2.24) is 4.90 Å². The van der Waals surface area contributed by atoms with Crippen molar-refractivity contribution in [3.05, 3.63) is 69.9 Å². The number of hydrogen-bond acceptors (Lipinski definition) is 5. The summed E-state index contributed by atoms with van der Waals surface area (Å²) in [7, 11) is 1.42. The van der Waals surface area contributed by atoms with Gasteiger partial charge in [0.1, 0.15) is 12.3 Å². The predicted molar refractivity (Wildman–Crippen MR) is 119 cm³/mol. The van der Waals surface area contributed by atoms with Gasteiger partial charge in [-0.3, -0.25) is 9.59 Å². The van der Waals surface area contributed by atoms with Crippen LogP contribution in [0, 0.1) is 5.92 Å². The summed E-state index contributed by atoms with van der Waals surface area (Å²) in [6.45, 7) is 0.150. The molecule has 4 atom stereocenters. The third-order valence-corrected chi connectivity index (χ3v) is 7.07. The van der Waals surface area contributed by atoms with Crippen molar-refractivity contribution in [3.8, 4) is 11.5 Å². The lowest BCUT2D eigenvalue weighted by Crippen LogP contribution is -2.42. The molecule has 0 bridgehead atoms. The lowest BCUT2D eigenvalue weighted by atomic mass is 9.77. The van der Waals surface area contributed by atoms with E-state index in [2.05, 4.69) is 0 Å². The third-order valence-electron chi connectivity index (χ3n) is 6.70. The Balaban J connectivity index is 1.61. The largest absolute Gasteiger partial charge is 0.504 e. The molecule has 1 saturated carbocycles. The normalized spacial score (nSPS) is 26.7. The minimum atomic E-state index is -1.07. The Hall–Kier alpha value is -3.06. The van der Waals surface area contributed by atoms with E-state index in [-0.39, 0.29) is 41.6 Å². The molecule has 0 saturated heterocycles. The van der Waals surface area contributed by atoms with E-state index in [1.165, 1.54) is 13.2 Å². The molecular formula is C25H23ClFNO5. The maximum Gasteiger partial charge on any atom is 0.290 e. The Morgan fingerprint density at radius 1 is 1.21 bits per heavy atom. The van der Waals surface area contributed by atoms with Gasteiger partial charge in [0, 0.05) is 11.6 Å². The van der Waals surface area contributed by atoms with Gasteiger partial charge in [-0.25, -0.2) is 4.39 Å². The topological polar surface area (TPSA) is 76.1 Å².